The number of benzene rings is 1. The predicted molar refractivity (Wildman–Crippen MR) is 70.9 cm³/mol. The third kappa shape index (κ3) is 5.12. The van der Waals surface area contributed by atoms with Gasteiger partial charge in [0, 0.05) is 17.1 Å². The van der Waals surface area contributed by atoms with Gasteiger partial charge in [-0.25, -0.2) is 0 Å². The number of para-hydroxylation sites is 1. The van der Waals surface area contributed by atoms with Crippen molar-refractivity contribution in [1.29, 1.82) is 0 Å². The molecule has 0 aliphatic carbocycles. The van der Waals surface area contributed by atoms with Crippen LogP contribution in [0.5, 0.6) is 0 Å². The topological polar surface area (TPSA) is 12.0 Å². The molecule has 0 heterocycles. The second-order valence-corrected chi connectivity index (χ2v) is 4.34. The summed E-state index contributed by atoms with van der Waals surface area (Å²) < 4.78 is 0. The molecule has 0 aliphatic rings. The lowest BCUT2D eigenvalue weighted by Gasteiger charge is -2.08. The van der Waals surface area contributed by atoms with E-state index in [0.717, 1.165) is 17.1 Å². The molecular weight excluding hydrogens is 202 g/mol. The first-order chi connectivity index (χ1) is 7.34. The molecule has 1 aromatic carbocycles. The maximum atomic E-state index is 4.39. The number of nitrogens with one attached hydrogen (secondary N) is 1. The van der Waals surface area contributed by atoms with Crippen molar-refractivity contribution in [1.82, 2.24) is 0 Å². The van der Waals surface area contributed by atoms with Crippen LogP contribution in [0.25, 0.3) is 0 Å². The standard InChI is InChI=1S/C13H21NS/c1-2-3-4-5-8-11-14-12-9-6-7-10-13(12)15/h6-7,9-10,14-15H,2-5,8,11H2,1H3. The van der Waals surface area contributed by atoms with Crippen molar-refractivity contribution in [2.45, 2.75) is 43.9 Å². The number of thiol groups is 1. The molecule has 84 valence electrons. The molecule has 0 amide bonds. The van der Waals surface area contributed by atoms with Crippen LogP contribution in [0.1, 0.15) is 39.0 Å². The molecule has 1 rings (SSSR count). The fourth-order valence-corrected chi connectivity index (χ4v) is 1.81. The molecule has 0 aliphatic heterocycles. The SMILES string of the molecule is CCCCCCCNc1ccccc1S. The summed E-state index contributed by atoms with van der Waals surface area (Å²) in [6.07, 6.45) is 6.62. The minimum absolute atomic E-state index is 1.03. The van der Waals surface area contributed by atoms with Gasteiger partial charge in [-0.2, -0.15) is 0 Å². The van der Waals surface area contributed by atoms with Gasteiger partial charge in [0.2, 0.25) is 0 Å². The van der Waals surface area contributed by atoms with E-state index >= 15 is 0 Å². The maximum absolute atomic E-state index is 4.39. The van der Waals surface area contributed by atoms with E-state index in [1.807, 2.05) is 18.2 Å². The highest BCUT2D eigenvalue weighted by Gasteiger charge is 1.95. The zero-order valence-electron chi connectivity index (χ0n) is 9.50. The molecular formula is C13H21NS. The van der Waals surface area contributed by atoms with Crippen LogP contribution >= 0.6 is 12.6 Å². The van der Waals surface area contributed by atoms with Crippen LogP contribution in [-0.2, 0) is 0 Å². The highest BCUT2D eigenvalue weighted by Crippen LogP contribution is 2.18. The monoisotopic (exact) mass is 223 g/mol. The molecule has 0 bridgehead atoms. The molecule has 0 aromatic heterocycles. The van der Waals surface area contributed by atoms with Gasteiger partial charge in [-0.15, -0.1) is 12.6 Å². The van der Waals surface area contributed by atoms with Crippen molar-refractivity contribution in [3.05, 3.63) is 24.3 Å². The van der Waals surface area contributed by atoms with Crippen molar-refractivity contribution < 1.29 is 0 Å². The van der Waals surface area contributed by atoms with Crippen molar-refractivity contribution >= 4 is 18.3 Å². The lowest BCUT2D eigenvalue weighted by molar-refractivity contribution is 0.645. The first-order valence-corrected chi connectivity index (χ1v) is 6.31. The molecule has 0 radical (unpaired) electrons. The Morgan fingerprint density at radius 1 is 1.07 bits per heavy atom. The van der Waals surface area contributed by atoms with E-state index in [0.29, 0.717) is 0 Å². The summed E-state index contributed by atoms with van der Waals surface area (Å²) in [7, 11) is 0. The van der Waals surface area contributed by atoms with Crippen molar-refractivity contribution in [3.63, 3.8) is 0 Å². The van der Waals surface area contributed by atoms with Gasteiger partial charge in [0.15, 0.2) is 0 Å². The van der Waals surface area contributed by atoms with Crippen LogP contribution < -0.4 is 5.32 Å². The van der Waals surface area contributed by atoms with E-state index in [9.17, 15) is 0 Å². The molecule has 0 saturated heterocycles. The van der Waals surface area contributed by atoms with Crippen LogP contribution in [0.15, 0.2) is 29.2 Å². The summed E-state index contributed by atoms with van der Waals surface area (Å²) >= 11 is 4.39. The number of unbranched alkanes of at least 4 members (excludes halogenated alkanes) is 4. The highest BCUT2D eigenvalue weighted by molar-refractivity contribution is 7.80. The van der Waals surface area contributed by atoms with Gasteiger partial charge >= 0.3 is 0 Å². The fraction of sp³-hybridized carbons (Fsp3) is 0.538. The first kappa shape index (κ1) is 12.4. The Morgan fingerprint density at radius 2 is 1.80 bits per heavy atom. The average Bonchev–Trinajstić information content (AvgIpc) is 2.25. The van der Waals surface area contributed by atoms with Crippen LogP contribution in [0, 0.1) is 0 Å². The molecule has 1 N–H and O–H groups in total. The predicted octanol–water partition coefficient (Wildman–Crippen LogP) is 4.36. The van der Waals surface area contributed by atoms with E-state index in [1.54, 1.807) is 0 Å². The molecule has 0 atom stereocenters. The fourth-order valence-electron chi connectivity index (χ4n) is 1.57. The van der Waals surface area contributed by atoms with Gasteiger partial charge < -0.3 is 5.32 Å². The van der Waals surface area contributed by atoms with Crippen LogP contribution in [0.2, 0.25) is 0 Å². The normalized spacial score (nSPS) is 10.3. The van der Waals surface area contributed by atoms with Gasteiger partial charge in [-0.3, -0.25) is 0 Å². The zero-order chi connectivity index (χ0) is 10.9. The molecule has 1 aromatic rings. The maximum Gasteiger partial charge on any atom is 0.0475 e. The van der Waals surface area contributed by atoms with Gasteiger partial charge in [-0.1, -0.05) is 44.7 Å². The average molecular weight is 223 g/mol. The number of rotatable bonds is 7. The third-order valence-electron chi connectivity index (χ3n) is 2.50. The minimum Gasteiger partial charge on any atom is -0.384 e. The van der Waals surface area contributed by atoms with E-state index < -0.39 is 0 Å². The molecule has 0 spiro atoms. The highest BCUT2D eigenvalue weighted by atomic mass is 32.1. The summed E-state index contributed by atoms with van der Waals surface area (Å²) in [6, 6.07) is 8.14. The Hall–Kier alpha value is -0.630. The Bertz CT molecular complexity index is 273. The largest absolute Gasteiger partial charge is 0.384 e. The second-order valence-electron chi connectivity index (χ2n) is 3.86. The quantitative estimate of drug-likeness (QED) is 0.517. The third-order valence-corrected chi connectivity index (χ3v) is 2.89. The van der Waals surface area contributed by atoms with Gasteiger partial charge in [0.05, 0.1) is 0 Å². The van der Waals surface area contributed by atoms with Crippen LogP contribution in [-0.4, -0.2) is 6.54 Å². The van der Waals surface area contributed by atoms with E-state index in [1.165, 1.54) is 32.1 Å². The van der Waals surface area contributed by atoms with Crippen LogP contribution in [0.3, 0.4) is 0 Å². The molecule has 15 heavy (non-hydrogen) atoms. The van der Waals surface area contributed by atoms with Gasteiger partial charge in [0.25, 0.3) is 0 Å². The van der Waals surface area contributed by atoms with E-state index in [-0.39, 0.29) is 0 Å². The number of anilines is 1. The van der Waals surface area contributed by atoms with Gasteiger partial charge in [-0.05, 0) is 18.6 Å². The zero-order valence-corrected chi connectivity index (χ0v) is 10.4. The molecule has 2 heteroatoms. The Kier molecular flexibility index (Phi) is 6.33. The first-order valence-electron chi connectivity index (χ1n) is 5.86. The number of hydrogen-bond acceptors (Lipinski definition) is 2. The minimum atomic E-state index is 1.03. The van der Waals surface area contributed by atoms with Crippen molar-refractivity contribution in [2.75, 3.05) is 11.9 Å². The Balaban J connectivity index is 2.12. The van der Waals surface area contributed by atoms with E-state index in [2.05, 4.69) is 30.9 Å². The lowest BCUT2D eigenvalue weighted by Crippen LogP contribution is -2.01. The Labute approximate surface area is 98.7 Å². The summed E-state index contributed by atoms with van der Waals surface area (Å²) in [5.74, 6) is 0. The Morgan fingerprint density at radius 3 is 2.53 bits per heavy atom. The molecule has 1 nitrogen and oxygen atoms in total. The smallest absolute Gasteiger partial charge is 0.0475 e. The molecule has 0 unspecified atom stereocenters. The molecule has 0 saturated carbocycles. The van der Waals surface area contributed by atoms with Crippen LogP contribution in [0.4, 0.5) is 5.69 Å². The lowest BCUT2D eigenvalue weighted by atomic mass is 10.1. The van der Waals surface area contributed by atoms with Crippen molar-refractivity contribution in [3.8, 4) is 0 Å². The summed E-state index contributed by atoms with van der Waals surface area (Å²) in [6.45, 7) is 3.30. The number of hydrogen-bond donors (Lipinski definition) is 2. The molecule has 0 fully saturated rings. The van der Waals surface area contributed by atoms with Gasteiger partial charge in [0.1, 0.15) is 0 Å². The summed E-state index contributed by atoms with van der Waals surface area (Å²) in [4.78, 5) is 1.03. The van der Waals surface area contributed by atoms with Crippen molar-refractivity contribution in [2.24, 2.45) is 0 Å². The van der Waals surface area contributed by atoms with E-state index in [4.69, 9.17) is 0 Å². The summed E-state index contributed by atoms with van der Waals surface area (Å²) in [5.41, 5.74) is 1.15. The second kappa shape index (κ2) is 7.63. The summed E-state index contributed by atoms with van der Waals surface area (Å²) in [5, 5.41) is 3.41.